The summed E-state index contributed by atoms with van der Waals surface area (Å²) in [6, 6.07) is 2.81. The van der Waals surface area contributed by atoms with Gasteiger partial charge in [-0.15, -0.1) is 0 Å². The molecule has 2 amide bonds. The fourth-order valence-electron chi connectivity index (χ4n) is 1.35. The maximum absolute atomic E-state index is 12.0. The number of nitrogens with zero attached hydrogens (tertiary/aromatic N) is 2. The van der Waals surface area contributed by atoms with Crippen molar-refractivity contribution in [2.24, 2.45) is 0 Å². The van der Waals surface area contributed by atoms with E-state index in [9.17, 15) is 9.59 Å². The summed E-state index contributed by atoms with van der Waals surface area (Å²) in [5.41, 5.74) is 0.298. The maximum atomic E-state index is 12.0. The molecule has 7 heteroatoms. The summed E-state index contributed by atoms with van der Waals surface area (Å²) in [6.45, 7) is 2.31. The van der Waals surface area contributed by atoms with E-state index in [1.807, 2.05) is 6.92 Å². The molecule has 0 bridgehead atoms. The van der Waals surface area contributed by atoms with Crippen molar-refractivity contribution < 1.29 is 9.59 Å². The molecule has 98 valence electrons. The molecular formula is C11H13Cl2N3O2. The first-order valence-electron chi connectivity index (χ1n) is 5.29. The number of nitrogens with one attached hydrogen (secondary N) is 1. The molecule has 0 saturated carbocycles. The van der Waals surface area contributed by atoms with Crippen LogP contribution in [0, 0.1) is 0 Å². The summed E-state index contributed by atoms with van der Waals surface area (Å²) in [4.78, 5) is 28.4. The number of likely N-dealkylation sites (N-methyl/N-ethyl adjacent to an activating group) is 2. The Morgan fingerprint density at radius 3 is 2.39 bits per heavy atom. The third kappa shape index (κ3) is 4.16. The molecule has 0 saturated heterocycles. The van der Waals surface area contributed by atoms with Crippen LogP contribution in [0.4, 0.5) is 0 Å². The highest BCUT2D eigenvalue weighted by Gasteiger charge is 2.16. The minimum Gasteiger partial charge on any atom is -0.355 e. The molecule has 0 atom stereocenters. The smallest absolute Gasteiger partial charge is 0.254 e. The first kappa shape index (κ1) is 14.7. The number of aromatic nitrogens is 1. The molecule has 0 aliphatic heterocycles. The molecule has 1 aromatic heterocycles. The normalized spacial score (nSPS) is 10.0. The Hall–Kier alpha value is -1.33. The number of amides is 2. The minimum absolute atomic E-state index is 0.0236. The zero-order chi connectivity index (χ0) is 13.7. The van der Waals surface area contributed by atoms with E-state index in [-0.39, 0.29) is 28.7 Å². The number of carbonyl (C=O) groups is 2. The fourth-order valence-corrected chi connectivity index (χ4v) is 1.81. The molecule has 1 rings (SSSR count). The van der Waals surface area contributed by atoms with Crippen molar-refractivity contribution in [2.75, 3.05) is 20.1 Å². The van der Waals surface area contributed by atoms with Gasteiger partial charge in [0.05, 0.1) is 6.54 Å². The Morgan fingerprint density at radius 2 is 1.89 bits per heavy atom. The van der Waals surface area contributed by atoms with Gasteiger partial charge < -0.3 is 10.2 Å². The fraction of sp³-hybridized carbons (Fsp3) is 0.364. The monoisotopic (exact) mass is 289 g/mol. The average molecular weight is 290 g/mol. The number of pyridine rings is 1. The molecule has 1 heterocycles. The topological polar surface area (TPSA) is 62.3 Å². The molecule has 0 unspecified atom stereocenters. The van der Waals surface area contributed by atoms with E-state index in [0.29, 0.717) is 12.1 Å². The van der Waals surface area contributed by atoms with Crippen LogP contribution in [-0.2, 0) is 4.79 Å². The minimum atomic E-state index is -0.340. The van der Waals surface area contributed by atoms with Gasteiger partial charge in [-0.1, -0.05) is 23.2 Å². The van der Waals surface area contributed by atoms with E-state index in [2.05, 4.69) is 10.3 Å². The number of carbonyl (C=O) groups excluding carboxylic acids is 2. The van der Waals surface area contributed by atoms with Gasteiger partial charge >= 0.3 is 0 Å². The highest BCUT2D eigenvalue weighted by atomic mass is 35.5. The Bertz CT molecular complexity index is 445. The summed E-state index contributed by atoms with van der Waals surface area (Å²) in [6.07, 6.45) is 0. The van der Waals surface area contributed by atoms with Gasteiger partial charge in [0.15, 0.2) is 0 Å². The summed E-state index contributed by atoms with van der Waals surface area (Å²) in [5, 5.41) is 2.88. The van der Waals surface area contributed by atoms with Crippen molar-refractivity contribution in [3.8, 4) is 0 Å². The van der Waals surface area contributed by atoms with Gasteiger partial charge in [0.25, 0.3) is 5.91 Å². The summed E-state index contributed by atoms with van der Waals surface area (Å²) in [7, 11) is 1.53. The summed E-state index contributed by atoms with van der Waals surface area (Å²) >= 11 is 11.4. The molecule has 0 fully saturated rings. The molecule has 5 nitrogen and oxygen atoms in total. The van der Waals surface area contributed by atoms with Gasteiger partial charge in [0.1, 0.15) is 10.3 Å². The number of halogens is 2. The van der Waals surface area contributed by atoms with Crippen molar-refractivity contribution in [3.05, 3.63) is 28.0 Å². The Labute approximate surface area is 115 Å². The lowest BCUT2D eigenvalue weighted by Gasteiger charge is -2.16. The van der Waals surface area contributed by atoms with E-state index < -0.39 is 0 Å². The van der Waals surface area contributed by atoms with Crippen LogP contribution >= 0.6 is 23.2 Å². The third-order valence-corrected chi connectivity index (χ3v) is 2.50. The second-order valence-electron chi connectivity index (χ2n) is 3.62. The van der Waals surface area contributed by atoms with E-state index in [1.54, 1.807) is 0 Å². The molecule has 0 spiro atoms. The van der Waals surface area contributed by atoms with E-state index >= 15 is 0 Å². The first-order chi connectivity index (χ1) is 8.43. The average Bonchev–Trinajstić information content (AvgIpc) is 2.26. The van der Waals surface area contributed by atoms with E-state index in [4.69, 9.17) is 23.2 Å². The van der Waals surface area contributed by atoms with Crippen LogP contribution < -0.4 is 5.32 Å². The van der Waals surface area contributed by atoms with Crippen LogP contribution in [0.1, 0.15) is 17.3 Å². The number of rotatable bonds is 4. The lowest BCUT2D eigenvalue weighted by atomic mass is 10.2. The second-order valence-corrected chi connectivity index (χ2v) is 4.39. The van der Waals surface area contributed by atoms with Crippen molar-refractivity contribution in [1.29, 1.82) is 0 Å². The molecule has 0 aromatic carbocycles. The van der Waals surface area contributed by atoms with Crippen LogP contribution in [0.15, 0.2) is 12.1 Å². The van der Waals surface area contributed by atoms with Gasteiger partial charge in [-0.05, 0) is 19.1 Å². The summed E-state index contributed by atoms with van der Waals surface area (Å²) in [5.74, 6) is -0.563. The van der Waals surface area contributed by atoms with Gasteiger partial charge in [-0.3, -0.25) is 9.59 Å². The molecular weight excluding hydrogens is 277 g/mol. The summed E-state index contributed by atoms with van der Waals surface area (Å²) < 4.78 is 0. The predicted molar refractivity (Wildman–Crippen MR) is 69.9 cm³/mol. The van der Waals surface area contributed by atoms with Crippen LogP contribution in [0.5, 0.6) is 0 Å². The van der Waals surface area contributed by atoms with Crippen LogP contribution in [0.25, 0.3) is 0 Å². The Morgan fingerprint density at radius 1 is 1.33 bits per heavy atom. The van der Waals surface area contributed by atoms with Crippen LogP contribution in [0.3, 0.4) is 0 Å². The van der Waals surface area contributed by atoms with E-state index in [1.165, 1.54) is 24.1 Å². The third-order valence-electron chi connectivity index (χ3n) is 2.11. The molecule has 0 radical (unpaired) electrons. The SMILES string of the molecule is CCNC(=O)CN(C)C(=O)c1cc(Cl)nc(Cl)c1. The first-order valence-corrected chi connectivity index (χ1v) is 6.05. The largest absolute Gasteiger partial charge is 0.355 e. The van der Waals surface area contributed by atoms with Crippen molar-refractivity contribution in [3.63, 3.8) is 0 Å². The van der Waals surface area contributed by atoms with Gasteiger partial charge in [-0.25, -0.2) is 4.98 Å². The molecule has 1 N–H and O–H groups in total. The van der Waals surface area contributed by atoms with Crippen molar-refractivity contribution in [2.45, 2.75) is 6.92 Å². The highest BCUT2D eigenvalue weighted by molar-refractivity contribution is 6.33. The van der Waals surface area contributed by atoms with Crippen LogP contribution in [0.2, 0.25) is 10.3 Å². The Balaban J connectivity index is 2.77. The predicted octanol–water partition coefficient (Wildman–Crippen LogP) is 1.60. The zero-order valence-corrected chi connectivity index (χ0v) is 11.5. The van der Waals surface area contributed by atoms with Gasteiger partial charge in [0.2, 0.25) is 5.91 Å². The van der Waals surface area contributed by atoms with Gasteiger partial charge in [-0.2, -0.15) is 0 Å². The maximum Gasteiger partial charge on any atom is 0.254 e. The Kier molecular flexibility index (Phi) is 5.37. The second kappa shape index (κ2) is 6.56. The lowest BCUT2D eigenvalue weighted by Crippen LogP contribution is -2.38. The quantitative estimate of drug-likeness (QED) is 0.857. The molecule has 1 aromatic rings. The van der Waals surface area contributed by atoms with Gasteiger partial charge in [0, 0.05) is 19.2 Å². The van der Waals surface area contributed by atoms with Crippen molar-refractivity contribution >= 4 is 35.0 Å². The van der Waals surface area contributed by atoms with Crippen molar-refractivity contribution in [1.82, 2.24) is 15.2 Å². The number of hydrogen-bond acceptors (Lipinski definition) is 3. The van der Waals surface area contributed by atoms with Crippen LogP contribution in [-0.4, -0.2) is 41.8 Å². The lowest BCUT2D eigenvalue weighted by molar-refractivity contribution is -0.121. The molecule has 0 aliphatic carbocycles. The molecule has 18 heavy (non-hydrogen) atoms. The molecule has 0 aliphatic rings. The zero-order valence-electron chi connectivity index (χ0n) is 10.0. The number of hydrogen-bond donors (Lipinski definition) is 1. The standard InChI is InChI=1S/C11H13Cl2N3O2/c1-3-14-10(17)6-16(2)11(18)7-4-8(12)15-9(13)5-7/h4-5H,3,6H2,1-2H3,(H,14,17). The van der Waals surface area contributed by atoms with E-state index in [0.717, 1.165) is 0 Å². The highest BCUT2D eigenvalue weighted by Crippen LogP contribution is 2.15.